The molecule has 1 aromatic heterocycles. The van der Waals surface area contributed by atoms with Crippen LogP contribution in [0.15, 0.2) is 58.1 Å². The van der Waals surface area contributed by atoms with E-state index in [-0.39, 0.29) is 23.4 Å². The second kappa shape index (κ2) is 9.71. The van der Waals surface area contributed by atoms with E-state index in [9.17, 15) is 13.2 Å². The molecule has 6 nitrogen and oxygen atoms in total. The number of carbonyl (C=O) groups is 1. The molecule has 1 aromatic carbocycles. The van der Waals surface area contributed by atoms with Crippen molar-refractivity contribution in [3.8, 4) is 0 Å². The van der Waals surface area contributed by atoms with Crippen molar-refractivity contribution >= 4 is 22.0 Å². The van der Waals surface area contributed by atoms with Gasteiger partial charge in [-0.25, -0.2) is 13.1 Å². The molecular weight excluding hydrogens is 376 g/mol. The van der Waals surface area contributed by atoms with Crippen LogP contribution in [-0.2, 0) is 21.4 Å². The molecule has 1 aliphatic carbocycles. The number of furan rings is 1. The third-order valence-corrected chi connectivity index (χ3v) is 6.25. The van der Waals surface area contributed by atoms with Gasteiger partial charge in [0.2, 0.25) is 15.9 Å². The first kappa shape index (κ1) is 20.4. The lowest BCUT2D eigenvalue weighted by atomic mass is 10.1. The second-order valence-electron chi connectivity index (χ2n) is 7.00. The zero-order valence-corrected chi connectivity index (χ0v) is 16.6. The Labute approximate surface area is 166 Å². The third kappa shape index (κ3) is 6.07. The minimum absolute atomic E-state index is 0.0956. The van der Waals surface area contributed by atoms with Crippen LogP contribution in [-0.4, -0.2) is 20.4 Å². The van der Waals surface area contributed by atoms with Crippen molar-refractivity contribution in [2.24, 2.45) is 0 Å². The zero-order chi connectivity index (χ0) is 19.8. The summed E-state index contributed by atoms with van der Waals surface area (Å²) in [5.74, 6) is 0.437. The number of benzene rings is 1. The summed E-state index contributed by atoms with van der Waals surface area (Å²) in [6, 6.07) is 10.1. The van der Waals surface area contributed by atoms with Crippen molar-refractivity contribution in [2.75, 3.05) is 0 Å². The SMILES string of the molecule is O=C(/C=C/c1ccc(S(=O)(=O)NCc2ccco2)cc1)NC1CCCCCC1. The standard InChI is InChI=1S/C21H26N2O4S/c24-21(23-18-6-3-1-2-4-7-18)14-11-17-9-12-20(13-10-17)28(25,26)22-16-19-8-5-15-27-19/h5,8-15,18,22H,1-4,6-7,16H2,(H,23,24)/b14-11+. The van der Waals surface area contributed by atoms with Crippen molar-refractivity contribution in [1.29, 1.82) is 0 Å². The highest BCUT2D eigenvalue weighted by molar-refractivity contribution is 7.89. The van der Waals surface area contributed by atoms with E-state index in [4.69, 9.17) is 4.42 Å². The number of sulfonamides is 1. The van der Waals surface area contributed by atoms with Gasteiger partial charge in [-0.3, -0.25) is 4.79 Å². The van der Waals surface area contributed by atoms with E-state index in [1.165, 1.54) is 50.2 Å². The molecule has 0 radical (unpaired) electrons. The highest BCUT2D eigenvalue weighted by Gasteiger charge is 2.15. The van der Waals surface area contributed by atoms with E-state index in [1.54, 1.807) is 30.3 Å². The van der Waals surface area contributed by atoms with Crippen molar-refractivity contribution in [3.05, 3.63) is 60.1 Å². The lowest BCUT2D eigenvalue weighted by molar-refractivity contribution is -0.117. The summed E-state index contributed by atoms with van der Waals surface area (Å²) in [7, 11) is -3.62. The summed E-state index contributed by atoms with van der Waals surface area (Å²) in [6.45, 7) is 0.0956. The molecule has 1 amide bonds. The normalized spacial score (nSPS) is 16.1. The third-order valence-electron chi connectivity index (χ3n) is 4.84. The van der Waals surface area contributed by atoms with Gasteiger partial charge in [0.1, 0.15) is 5.76 Å². The van der Waals surface area contributed by atoms with Gasteiger partial charge in [0.15, 0.2) is 0 Å². The van der Waals surface area contributed by atoms with Crippen LogP contribution in [0.1, 0.15) is 49.8 Å². The summed E-state index contributed by atoms with van der Waals surface area (Å²) in [4.78, 5) is 12.3. The minimum atomic E-state index is -3.62. The molecule has 0 bridgehead atoms. The maximum Gasteiger partial charge on any atom is 0.244 e. The zero-order valence-electron chi connectivity index (χ0n) is 15.8. The van der Waals surface area contributed by atoms with Crippen LogP contribution in [0.2, 0.25) is 0 Å². The van der Waals surface area contributed by atoms with Crippen LogP contribution in [0.25, 0.3) is 6.08 Å². The predicted molar refractivity (Wildman–Crippen MR) is 108 cm³/mol. The highest BCUT2D eigenvalue weighted by atomic mass is 32.2. The van der Waals surface area contributed by atoms with E-state index in [0.717, 1.165) is 18.4 Å². The molecule has 1 fully saturated rings. The van der Waals surface area contributed by atoms with Gasteiger partial charge in [0, 0.05) is 12.1 Å². The summed E-state index contributed by atoms with van der Waals surface area (Å²) in [5.41, 5.74) is 0.765. The molecule has 150 valence electrons. The second-order valence-corrected chi connectivity index (χ2v) is 8.77. The fraction of sp³-hybridized carbons (Fsp3) is 0.381. The molecule has 3 rings (SSSR count). The fourth-order valence-electron chi connectivity index (χ4n) is 3.27. The van der Waals surface area contributed by atoms with E-state index < -0.39 is 10.0 Å². The average molecular weight is 403 g/mol. The van der Waals surface area contributed by atoms with E-state index in [0.29, 0.717) is 5.76 Å². The molecule has 0 aliphatic heterocycles. The largest absolute Gasteiger partial charge is 0.468 e. The molecule has 28 heavy (non-hydrogen) atoms. The maximum atomic E-state index is 12.3. The lowest BCUT2D eigenvalue weighted by Gasteiger charge is -2.14. The van der Waals surface area contributed by atoms with Gasteiger partial charge in [0.25, 0.3) is 0 Å². The number of amides is 1. The van der Waals surface area contributed by atoms with Crippen molar-refractivity contribution in [3.63, 3.8) is 0 Å². The Hall–Kier alpha value is -2.38. The van der Waals surface area contributed by atoms with Gasteiger partial charge in [0.05, 0.1) is 17.7 Å². The Kier molecular flexibility index (Phi) is 7.06. The quantitative estimate of drug-likeness (QED) is 0.547. The first-order chi connectivity index (χ1) is 13.5. The van der Waals surface area contributed by atoms with Gasteiger partial charge in [-0.2, -0.15) is 0 Å². The van der Waals surface area contributed by atoms with E-state index >= 15 is 0 Å². The first-order valence-electron chi connectivity index (χ1n) is 9.64. The molecule has 2 aromatic rings. The molecule has 0 saturated heterocycles. The Balaban J connectivity index is 1.54. The molecule has 2 N–H and O–H groups in total. The number of nitrogens with one attached hydrogen (secondary N) is 2. The van der Waals surface area contributed by atoms with Crippen molar-refractivity contribution in [2.45, 2.75) is 56.0 Å². The van der Waals surface area contributed by atoms with Gasteiger partial charge >= 0.3 is 0 Å². The van der Waals surface area contributed by atoms with Crippen LogP contribution in [0.5, 0.6) is 0 Å². The van der Waals surface area contributed by atoms with Crippen LogP contribution in [0.3, 0.4) is 0 Å². The van der Waals surface area contributed by atoms with E-state index in [2.05, 4.69) is 10.0 Å². The van der Waals surface area contributed by atoms with Crippen molar-refractivity contribution < 1.29 is 17.6 Å². The number of hydrogen-bond acceptors (Lipinski definition) is 4. The van der Waals surface area contributed by atoms with Gasteiger partial charge in [-0.05, 0) is 48.7 Å². The average Bonchev–Trinajstić information content (AvgIpc) is 3.09. The van der Waals surface area contributed by atoms with E-state index in [1.807, 2.05) is 0 Å². The van der Waals surface area contributed by atoms with Gasteiger partial charge in [-0.15, -0.1) is 0 Å². The Morgan fingerprint density at radius 2 is 1.79 bits per heavy atom. The molecule has 1 saturated carbocycles. The predicted octanol–water partition coefficient (Wildman–Crippen LogP) is 3.61. The number of hydrogen-bond donors (Lipinski definition) is 2. The number of carbonyl (C=O) groups excluding carboxylic acids is 1. The van der Waals surface area contributed by atoms with Crippen LogP contribution >= 0.6 is 0 Å². The Morgan fingerprint density at radius 1 is 1.07 bits per heavy atom. The maximum absolute atomic E-state index is 12.3. The minimum Gasteiger partial charge on any atom is -0.468 e. The van der Waals surface area contributed by atoms with Crippen LogP contribution in [0.4, 0.5) is 0 Å². The molecule has 0 spiro atoms. The summed E-state index contributed by atoms with van der Waals surface area (Å²) >= 11 is 0. The molecule has 1 aliphatic rings. The molecule has 1 heterocycles. The highest BCUT2D eigenvalue weighted by Crippen LogP contribution is 2.17. The molecule has 7 heteroatoms. The van der Waals surface area contributed by atoms with Gasteiger partial charge in [-0.1, -0.05) is 37.8 Å². The first-order valence-corrected chi connectivity index (χ1v) is 11.1. The van der Waals surface area contributed by atoms with Crippen molar-refractivity contribution in [1.82, 2.24) is 10.0 Å². The summed E-state index contributed by atoms with van der Waals surface area (Å²) in [6.07, 6.45) is 11.6. The lowest BCUT2D eigenvalue weighted by Crippen LogP contribution is -2.33. The van der Waals surface area contributed by atoms with Crippen LogP contribution in [0, 0.1) is 0 Å². The Morgan fingerprint density at radius 3 is 2.43 bits per heavy atom. The molecule has 0 unspecified atom stereocenters. The number of rotatable bonds is 7. The smallest absolute Gasteiger partial charge is 0.244 e. The monoisotopic (exact) mass is 402 g/mol. The van der Waals surface area contributed by atoms with Crippen LogP contribution < -0.4 is 10.0 Å². The topological polar surface area (TPSA) is 88.4 Å². The van der Waals surface area contributed by atoms with Gasteiger partial charge < -0.3 is 9.73 Å². The summed E-state index contributed by atoms with van der Waals surface area (Å²) < 4.78 is 32.3. The summed E-state index contributed by atoms with van der Waals surface area (Å²) in [5, 5.41) is 3.05. The Bertz CT molecular complexity index is 879. The molecular formula is C21H26N2O4S. The fourth-order valence-corrected chi connectivity index (χ4v) is 4.26. The molecule has 0 atom stereocenters.